The molecule has 1 aromatic carbocycles. The van der Waals surface area contributed by atoms with Gasteiger partial charge in [-0.1, -0.05) is 23.8 Å². The van der Waals surface area contributed by atoms with Crippen molar-refractivity contribution in [1.29, 1.82) is 0 Å². The summed E-state index contributed by atoms with van der Waals surface area (Å²) >= 11 is 1.55. The van der Waals surface area contributed by atoms with Crippen LogP contribution in [0.3, 0.4) is 0 Å². The predicted octanol–water partition coefficient (Wildman–Crippen LogP) is 4.35. The predicted molar refractivity (Wildman–Crippen MR) is 93.7 cm³/mol. The third kappa shape index (κ3) is 3.18. The maximum Gasteiger partial charge on any atom is 0.271 e. The Kier molecular flexibility index (Phi) is 3.72. The molecule has 23 heavy (non-hydrogen) atoms. The third-order valence-corrected chi connectivity index (χ3v) is 5.78. The Bertz CT molecular complexity index is 732. The van der Waals surface area contributed by atoms with Crippen LogP contribution in [-0.4, -0.2) is 16.9 Å². The van der Waals surface area contributed by atoms with E-state index in [2.05, 4.69) is 42.3 Å². The van der Waals surface area contributed by atoms with E-state index in [0.29, 0.717) is 23.6 Å². The number of nitrogens with zero attached hydrogens (tertiary/aromatic N) is 1. The zero-order valence-electron chi connectivity index (χ0n) is 13.6. The summed E-state index contributed by atoms with van der Waals surface area (Å²) in [7, 11) is 0. The Labute approximate surface area is 141 Å². The van der Waals surface area contributed by atoms with Crippen molar-refractivity contribution in [1.82, 2.24) is 10.3 Å². The van der Waals surface area contributed by atoms with E-state index in [1.807, 2.05) is 5.38 Å². The van der Waals surface area contributed by atoms with Crippen molar-refractivity contribution >= 4 is 17.2 Å². The van der Waals surface area contributed by atoms with Crippen LogP contribution in [0.25, 0.3) is 10.6 Å². The number of nitrogens with one attached hydrogen (secondary N) is 1. The second kappa shape index (κ2) is 5.75. The minimum atomic E-state index is 0.000986. The van der Waals surface area contributed by atoms with Crippen LogP contribution in [0.15, 0.2) is 23.6 Å². The van der Waals surface area contributed by atoms with Gasteiger partial charge in [-0.15, -0.1) is 11.3 Å². The van der Waals surface area contributed by atoms with Crippen molar-refractivity contribution < 1.29 is 4.79 Å². The lowest BCUT2D eigenvalue weighted by molar-refractivity contribution is 0.0922. The molecule has 4 heteroatoms. The lowest BCUT2D eigenvalue weighted by atomic mass is 10.1. The highest BCUT2D eigenvalue weighted by atomic mass is 32.1. The van der Waals surface area contributed by atoms with Crippen molar-refractivity contribution in [3.63, 3.8) is 0 Å². The van der Waals surface area contributed by atoms with Gasteiger partial charge in [-0.05, 0) is 56.9 Å². The molecule has 2 fully saturated rings. The molecule has 0 atom stereocenters. The second-order valence-electron chi connectivity index (χ2n) is 7.03. The van der Waals surface area contributed by atoms with Gasteiger partial charge in [0, 0.05) is 17.0 Å². The summed E-state index contributed by atoms with van der Waals surface area (Å²) in [5.74, 6) is 1.42. The standard InChI is InChI=1S/C19H22N2OS/c1-11-3-8-15(12(2)9-11)19-20-16(10-23-19)18(22)21-17(13-4-5-13)14-6-7-14/h3,8-10,13-14,17H,4-7H2,1-2H3,(H,21,22). The Morgan fingerprint density at radius 2 is 1.91 bits per heavy atom. The lowest BCUT2D eigenvalue weighted by Crippen LogP contribution is -2.38. The van der Waals surface area contributed by atoms with E-state index in [1.54, 1.807) is 11.3 Å². The van der Waals surface area contributed by atoms with Gasteiger partial charge in [0.05, 0.1) is 0 Å². The molecule has 0 bridgehead atoms. The van der Waals surface area contributed by atoms with E-state index in [4.69, 9.17) is 0 Å². The van der Waals surface area contributed by atoms with Crippen LogP contribution in [-0.2, 0) is 0 Å². The quantitative estimate of drug-likeness (QED) is 0.888. The van der Waals surface area contributed by atoms with Gasteiger partial charge in [-0.25, -0.2) is 4.98 Å². The van der Waals surface area contributed by atoms with E-state index in [9.17, 15) is 4.79 Å². The largest absolute Gasteiger partial charge is 0.347 e. The smallest absolute Gasteiger partial charge is 0.271 e. The number of aromatic nitrogens is 1. The summed E-state index contributed by atoms with van der Waals surface area (Å²) in [5, 5.41) is 6.07. The number of carbonyl (C=O) groups is 1. The van der Waals surface area contributed by atoms with E-state index in [0.717, 1.165) is 10.6 Å². The first-order chi connectivity index (χ1) is 11.1. The maximum absolute atomic E-state index is 12.5. The van der Waals surface area contributed by atoms with Gasteiger partial charge in [0.1, 0.15) is 10.7 Å². The molecule has 2 aliphatic carbocycles. The molecule has 0 spiro atoms. The summed E-state index contributed by atoms with van der Waals surface area (Å²) in [5.41, 5.74) is 4.15. The van der Waals surface area contributed by atoms with Gasteiger partial charge in [0.15, 0.2) is 0 Å². The van der Waals surface area contributed by atoms with E-state index < -0.39 is 0 Å². The molecule has 120 valence electrons. The Balaban J connectivity index is 1.51. The molecule has 2 aromatic rings. The average Bonchev–Trinajstić information content (AvgIpc) is 3.43. The average molecular weight is 326 g/mol. The minimum Gasteiger partial charge on any atom is -0.347 e. The van der Waals surface area contributed by atoms with E-state index in [-0.39, 0.29) is 5.91 Å². The van der Waals surface area contributed by atoms with Gasteiger partial charge >= 0.3 is 0 Å². The van der Waals surface area contributed by atoms with Gasteiger partial charge < -0.3 is 5.32 Å². The summed E-state index contributed by atoms with van der Waals surface area (Å²) in [6, 6.07) is 6.74. The summed E-state index contributed by atoms with van der Waals surface area (Å²) < 4.78 is 0. The van der Waals surface area contributed by atoms with Crippen LogP contribution in [0.4, 0.5) is 0 Å². The number of benzene rings is 1. The maximum atomic E-state index is 12.5. The second-order valence-corrected chi connectivity index (χ2v) is 7.89. The Hall–Kier alpha value is -1.68. The first-order valence-electron chi connectivity index (χ1n) is 8.46. The molecular formula is C19H22N2OS. The first kappa shape index (κ1) is 14.9. The highest BCUT2D eigenvalue weighted by Gasteiger charge is 2.42. The number of hydrogen-bond acceptors (Lipinski definition) is 3. The van der Waals surface area contributed by atoms with Crippen molar-refractivity contribution in [3.05, 3.63) is 40.4 Å². The normalized spacial score (nSPS) is 17.5. The molecule has 2 aliphatic rings. The number of hydrogen-bond donors (Lipinski definition) is 1. The van der Waals surface area contributed by atoms with Crippen molar-refractivity contribution in [2.45, 2.75) is 45.6 Å². The number of rotatable bonds is 5. The summed E-state index contributed by atoms with van der Waals surface area (Å²) in [4.78, 5) is 17.1. The topological polar surface area (TPSA) is 42.0 Å². The fourth-order valence-corrected chi connectivity index (χ4v) is 4.20. The molecule has 1 amide bonds. The van der Waals surface area contributed by atoms with Crippen LogP contribution in [0.1, 0.15) is 47.3 Å². The monoisotopic (exact) mass is 326 g/mol. The molecule has 1 heterocycles. The molecule has 1 aromatic heterocycles. The summed E-state index contributed by atoms with van der Waals surface area (Å²) in [6.07, 6.45) is 5.08. The minimum absolute atomic E-state index is 0.000986. The van der Waals surface area contributed by atoms with Crippen molar-refractivity contribution in [2.24, 2.45) is 11.8 Å². The van der Waals surface area contributed by atoms with Crippen LogP contribution < -0.4 is 5.32 Å². The molecule has 0 radical (unpaired) electrons. The Morgan fingerprint density at radius 1 is 1.22 bits per heavy atom. The molecule has 4 rings (SSSR count). The fourth-order valence-electron chi connectivity index (χ4n) is 3.31. The number of amides is 1. The highest BCUT2D eigenvalue weighted by Crippen LogP contribution is 2.44. The number of aryl methyl sites for hydroxylation is 2. The Morgan fingerprint density at radius 3 is 2.52 bits per heavy atom. The van der Waals surface area contributed by atoms with Crippen LogP contribution in [0.2, 0.25) is 0 Å². The zero-order chi connectivity index (χ0) is 16.0. The fraction of sp³-hybridized carbons (Fsp3) is 0.474. The third-order valence-electron chi connectivity index (χ3n) is 4.91. The number of carbonyl (C=O) groups excluding carboxylic acids is 1. The van der Waals surface area contributed by atoms with Crippen molar-refractivity contribution in [3.8, 4) is 10.6 Å². The molecule has 0 aliphatic heterocycles. The van der Waals surface area contributed by atoms with Gasteiger partial charge in [-0.2, -0.15) is 0 Å². The van der Waals surface area contributed by atoms with E-state index >= 15 is 0 Å². The molecule has 3 nitrogen and oxygen atoms in total. The molecule has 0 unspecified atom stereocenters. The highest BCUT2D eigenvalue weighted by molar-refractivity contribution is 7.13. The molecular weight excluding hydrogens is 304 g/mol. The molecule has 2 saturated carbocycles. The zero-order valence-corrected chi connectivity index (χ0v) is 14.5. The van der Waals surface area contributed by atoms with E-state index in [1.165, 1.54) is 36.8 Å². The molecule has 1 N–H and O–H groups in total. The van der Waals surface area contributed by atoms with Gasteiger partial charge in [0.25, 0.3) is 5.91 Å². The molecule has 0 saturated heterocycles. The van der Waals surface area contributed by atoms with Gasteiger partial charge in [0.2, 0.25) is 0 Å². The van der Waals surface area contributed by atoms with Crippen LogP contribution in [0.5, 0.6) is 0 Å². The van der Waals surface area contributed by atoms with Crippen molar-refractivity contribution in [2.75, 3.05) is 0 Å². The SMILES string of the molecule is Cc1ccc(-c2nc(C(=O)NC(C3CC3)C3CC3)cs2)c(C)c1. The number of thiazole rings is 1. The van der Waals surface area contributed by atoms with Gasteiger partial charge in [-0.3, -0.25) is 4.79 Å². The first-order valence-corrected chi connectivity index (χ1v) is 9.34. The summed E-state index contributed by atoms with van der Waals surface area (Å²) in [6.45, 7) is 4.19. The lowest BCUT2D eigenvalue weighted by Gasteiger charge is -2.16. The van der Waals surface area contributed by atoms with Crippen LogP contribution >= 0.6 is 11.3 Å². The van der Waals surface area contributed by atoms with Crippen LogP contribution in [0, 0.1) is 25.7 Å².